The number of Topliss-reactive ketones (excluding diaryl/α,β-unsaturated/α-hetero) is 1. The van der Waals surface area contributed by atoms with Gasteiger partial charge in [-0.25, -0.2) is 0 Å². The Hall–Kier alpha value is -5.31. The van der Waals surface area contributed by atoms with E-state index in [9.17, 15) is 14.7 Å². The fraction of sp³-hybridized carbons (Fsp3) is 0.206. The van der Waals surface area contributed by atoms with Gasteiger partial charge >= 0.3 is 0 Å². The molecule has 1 amide bonds. The van der Waals surface area contributed by atoms with Crippen LogP contribution in [0.2, 0.25) is 0 Å². The molecule has 0 saturated carbocycles. The van der Waals surface area contributed by atoms with Crippen LogP contribution in [-0.2, 0) is 22.7 Å². The molecule has 0 bridgehead atoms. The van der Waals surface area contributed by atoms with E-state index < -0.39 is 17.7 Å². The van der Waals surface area contributed by atoms with Crippen molar-refractivity contribution in [2.45, 2.75) is 26.1 Å². The Balaban J connectivity index is 1.59. The first-order valence-corrected chi connectivity index (χ1v) is 13.6. The first-order chi connectivity index (χ1) is 20.9. The Labute approximate surface area is 249 Å². The molecule has 1 atom stereocenters. The third-order valence-corrected chi connectivity index (χ3v) is 7.30. The van der Waals surface area contributed by atoms with Gasteiger partial charge in [0.1, 0.15) is 18.1 Å². The van der Waals surface area contributed by atoms with E-state index in [2.05, 4.69) is 4.98 Å². The summed E-state index contributed by atoms with van der Waals surface area (Å²) in [6.45, 7) is 2.32. The Morgan fingerprint density at radius 3 is 2.16 bits per heavy atom. The van der Waals surface area contributed by atoms with Crippen molar-refractivity contribution in [2.24, 2.45) is 0 Å². The van der Waals surface area contributed by atoms with Crippen molar-refractivity contribution in [3.63, 3.8) is 0 Å². The molecule has 1 unspecified atom stereocenters. The van der Waals surface area contributed by atoms with E-state index in [1.807, 2.05) is 43.3 Å². The zero-order chi connectivity index (χ0) is 30.5. The Kier molecular flexibility index (Phi) is 8.61. The van der Waals surface area contributed by atoms with Gasteiger partial charge in [0.15, 0.2) is 11.5 Å². The summed E-state index contributed by atoms with van der Waals surface area (Å²) in [5.74, 6) is -0.160. The number of methoxy groups -OCH3 is 3. The van der Waals surface area contributed by atoms with Crippen LogP contribution in [0.3, 0.4) is 0 Å². The molecule has 0 spiro atoms. The van der Waals surface area contributed by atoms with Gasteiger partial charge in [-0.3, -0.25) is 14.6 Å². The zero-order valence-corrected chi connectivity index (χ0v) is 24.4. The molecule has 3 aromatic carbocycles. The maximum atomic E-state index is 13.6. The lowest BCUT2D eigenvalue weighted by Crippen LogP contribution is -2.29. The van der Waals surface area contributed by atoms with Crippen LogP contribution in [0.1, 0.15) is 33.9 Å². The molecule has 1 aliphatic heterocycles. The smallest absolute Gasteiger partial charge is 0.295 e. The molecule has 4 aromatic rings. The molecular formula is C34H32N2O7. The number of benzene rings is 3. The SMILES string of the molecule is COc1cc(C2C(=C(O)c3ccc(OCc4ccccc4)c(C)c3)C(=O)C(=O)N2Cc2cccnc2)cc(OC)c1OC. The van der Waals surface area contributed by atoms with Crippen molar-refractivity contribution in [1.82, 2.24) is 9.88 Å². The molecule has 0 radical (unpaired) electrons. The van der Waals surface area contributed by atoms with Gasteiger partial charge in [-0.1, -0.05) is 36.4 Å². The number of rotatable bonds is 10. The summed E-state index contributed by atoms with van der Waals surface area (Å²) in [6.07, 6.45) is 3.26. The average molecular weight is 581 g/mol. The highest BCUT2D eigenvalue weighted by Gasteiger charge is 2.46. The first-order valence-electron chi connectivity index (χ1n) is 13.6. The van der Waals surface area contributed by atoms with Crippen molar-refractivity contribution >= 4 is 17.4 Å². The summed E-state index contributed by atoms with van der Waals surface area (Å²) in [4.78, 5) is 32.7. The summed E-state index contributed by atoms with van der Waals surface area (Å²) >= 11 is 0. The minimum absolute atomic E-state index is 0.0551. The number of aliphatic hydroxyl groups is 1. The first kappa shape index (κ1) is 29.2. The van der Waals surface area contributed by atoms with Crippen LogP contribution < -0.4 is 18.9 Å². The van der Waals surface area contributed by atoms with Gasteiger partial charge in [-0.15, -0.1) is 0 Å². The highest BCUT2D eigenvalue weighted by molar-refractivity contribution is 6.46. The standard InChI is InChI=1S/C34H32N2O7/c1-21-15-24(12-13-26(21)43-20-22-9-6-5-7-10-22)31(37)29-30(25-16-27(40-2)33(42-4)28(17-25)41-3)36(34(39)32(29)38)19-23-11-8-14-35-18-23/h5-18,30,37H,19-20H2,1-4H3. The molecule has 2 heterocycles. The molecule has 1 saturated heterocycles. The molecule has 0 aliphatic carbocycles. The molecule has 43 heavy (non-hydrogen) atoms. The topological polar surface area (TPSA) is 107 Å². The predicted molar refractivity (Wildman–Crippen MR) is 160 cm³/mol. The molecule has 9 heteroatoms. The van der Waals surface area contributed by atoms with E-state index >= 15 is 0 Å². The minimum atomic E-state index is -0.955. The molecule has 1 aliphatic rings. The summed E-state index contributed by atoms with van der Waals surface area (Å²) < 4.78 is 22.6. The molecule has 1 N–H and O–H groups in total. The molecule has 1 aromatic heterocycles. The minimum Gasteiger partial charge on any atom is -0.507 e. The van der Waals surface area contributed by atoms with Crippen LogP contribution >= 0.6 is 0 Å². The summed E-state index contributed by atoms with van der Waals surface area (Å²) in [5.41, 5.74) is 3.32. The second-order valence-electron chi connectivity index (χ2n) is 10.0. The third-order valence-electron chi connectivity index (χ3n) is 7.30. The lowest BCUT2D eigenvalue weighted by atomic mass is 9.94. The second kappa shape index (κ2) is 12.7. The quantitative estimate of drug-likeness (QED) is 0.146. The average Bonchev–Trinajstić information content (AvgIpc) is 3.28. The summed E-state index contributed by atoms with van der Waals surface area (Å²) in [6, 6.07) is 20.9. The Morgan fingerprint density at radius 2 is 1.56 bits per heavy atom. The number of likely N-dealkylation sites (tertiary alicyclic amines) is 1. The van der Waals surface area contributed by atoms with E-state index in [0.29, 0.717) is 40.7 Å². The van der Waals surface area contributed by atoms with Crippen molar-refractivity contribution in [3.05, 3.63) is 119 Å². The number of hydrogen-bond acceptors (Lipinski definition) is 8. The number of aromatic nitrogens is 1. The normalized spacial score (nSPS) is 15.8. The Morgan fingerprint density at radius 1 is 0.860 bits per heavy atom. The number of aliphatic hydroxyl groups excluding tert-OH is 1. The van der Waals surface area contributed by atoms with Crippen LogP contribution in [0.4, 0.5) is 0 Å². The number of hydrogen-bond donors (Lipinski definition) is 1. The van der Waals surface area contributed by atoms with Gasteiger partial charge in [0.2, 0.25) is 5.75 Å². The van der Waals surface area contributed by atoms with Gasteiger partial charge in [0.25, 0.3) is 11.7 Å². The van der Waals surface area contributed by atoms with E-state index in [4.69, 9.17) is 18.9 Å². The maximum absolute atomic E-state index is 13.6. The molecule has 9 nitrogen and oxygen atoms in total. The van der Waals surface area contributed by atoms with E-state index in [1.54, 1.807) is 48.8 Å². The lowest BCUT2D eigenvalue weighted by molar-refractivity contribution is -0.140. The summed E-state index contributed by atoms with van der Waals surface area (Å²) in [7, 11) is 4.46. The second-order valence-corrected chi connectivity index (χ2v) is 10.0. The number of ether oxygens (including phenoxy) is 4. The third kappa shape index (κ3) is 5.88. The van der Waals surface area contributed by atoms with Crippen molar-refractivity contribution < 1.29 is 33.6 Å². The fourth-order valence-electron chi connectivity index (χ4n) is 5.19. The van der Waals surface area contributed by atoms with Gasteiger partial charge in [0, 0.05) is 24.5 Å². The van der Waals surface area contributed by atoms with Gasteiger partial charge in [0.05, 0.1) is 32.9 Å². The monoisotopic (exact) mass is 580 g/mol. The number of amides is 1. The number of carbonyl (C=O) groups is 2. The van der Waals surface area contributed by atoms with Crippen LogP contribution in [0, 0.1) is 6.92 Å². The molecule has 1 fully saturated rings. The highest BCUT2D eigenvalue weighted by atomic mass is 16.5. The van der Waals surface area contributed by atoms with Crippen LogP contribution in [0.15, 0.2) is 90.8 Å². The van der Waals surface area contributed by atoms with E-state index in [-0.39, 0.29) is 17.9 Å². The van der Waals surface area contributed by atoms with Crippen LogP contribution in [0.25, 0.3) is 5.76 Å². The number of carbonyl (C=O) groups excluding carboxylic acids is 2. The van der Waals surface area contributed by atoms with Gasteiger partial charge in [-0.2, -0.15) is 0 Å². The maximum Gasteiger partial charge on any atom is 0.295 e. The van der Waals surface area contributed by atoms with Gasteiger partial charge in [-0.05, 0) is 65.6 Å². The van der Waals surface area contributed by atoms with Crippen molar-refractivity contribution in [2.75, 3.05) is 21.3 Å². The van der Waals surface area contributed by atoms with Crippen LogP contribution in [0.5, 0.6) is 23.0 Å². The summed E-state index contributed by atoms with van der Waals surface area (Å²) in [5, 5.41) is 11.6. The molecule has 5 rings (SSSR count). The van der Waals surface area contributed by atoms with Gasteiger partial charge < -0.3 is 29.0 Å². The van der Waals surface area contributed by atoms with Crippen LogP contribution in [-0.4, -0.2) is 48.0 Å². The fourth-order valence-corrected chi connectivity index (χ4v) is 5.19. The molecule has 220 valence electrons. The van der Waals surface area contributed by atoms with Crippen molar-refractivity contribution in [3.8, 4) is 23.0 Å². The number of pyridine rings is 1. The van der Waals surface area contributed by atoms with E-state index in [1.165, 1.54) is 26.2 Å². The molecular weight excluding hydrogens is 548 g/mol. The number of nitrogens with zero attached hydrogens (tertiary/aromatic N) is 2. The number of ketones is 1. The number of aryl methyl sites for hydroxylation is 1. The Bertz CT molecular complexity index is 1640. The largest absolute Gasteiger partial charge is 0.507 e. The lowest BCUT2D eigenvalue weighted by Gasteiger charge is -2.26. The van der Waals surface area contributed by atoms with E-state index in [0.717, 1.165) is 16.7 Å². The zero-order valence-electron chi connectivity index (χ0n) is 24.4. The van der Waals surface area contributed by atoms with Crippen molar-refractivity contribution in [1.29, 1.82) is 0 Å². The highest BCUT2D eigenvalue weighted by Crippen LogP contribution is 2.46. The predicted octanol–water partition coefficient (Wildman–Crippen LogP) is 5.62.